The molecule has 3 amide bonds. The summed E-state index contributed by atoms with van der Waals surface area (Å²) in [4.78, 5) is 47.6. The SMILES string of the molecule is CCCCNC(=O)CCCNC(=O)CCCC(=O)NC1CCC(C(=O)C(C)C)CC1. The second kappa shape index (κ2) is 15.0. The van der Waals surface area contributed by atoms with Crippen molar-refractivity contribution in [3.8, 4) is 0 Å². The fourth-order valence-corrected chi connectivity index (χ4v) is 3.76. The summed E-state index contributed by atoms with van der Waals surface area (Å²) < 4.78 is 0. The average molecular weight is 424 g/mol. The maximum Gasteiger partial charge on any atom is 0.220 e. The van der Waals surface area contributed by atoms with Gasteiger partial charge in [0.25, 0.3) is 0 Å². The highest BCUT2D eigenvalue weighted by molar-refractivity contribution is 5.83. The van der Waals surface area contributed by atoms with Crippen molar-refractivity contribution in [3.05, 3.63) is 0 Å². The zero-order valence-corrected chi connectivity index (χ0v) is 19.1. The zero-order valence-electron chi connectivity index (χ0n) is 19.1. The molecule has 0 aliphatic heterocycles. The molecule has 1 rings (SSSR count). The highest BCUT2D eigenvalue weighted by atomic mass is 16.2. The van der Waals surface area contributed by atoms with Gasteiger partial charge in [0.1, 0.15) is 5.78 Å². The van der Waals surface area contributed by atoms with Crippen molar-refractivity contribution in [3.63, 3.8) is 0 Å². The van der Waals surface area contributed by atoms with Gasteiger partial charge in [-0.05, 0) is 44.9 Å². The molecule has 1 aliphatic carbocycles. The quantitative estimate of drug-likeness (QED) is 0.374. The maximum atomic E-state index is 12.1. The lowest BCUT2D eigenvalue weighted by Gasteiger charge is -2.29. The monoisotopic (exact) mass is 423 g/mol. The third-order valence-electron chi connectivity index (χ3n) is 5.63. The van der Waals surface area contributed by atoms with Crippen LogP contribution in [-0.4, -0.2) is 42.6 Å². The fourth-order valence-electron chi connectivity index (χ4n) is 3.76. The normalized spacial score (nSPS) is 18.7. The molecule has 0 aromatic carbocycles. The van der Waals surface area contributed by atoms with Gasteiger partial charge in [0.2, 0.25) is 17.7 Å². The van der Waals surface area contributed by atoms with E-state index in [0.717, 1.165) is 38.5 Å². The first-order chi connectivity index (χ1) is 14.3. The molecule has 0 radical (unpaired) electrons. The van der Waals surface area contributed by atoms with Gasteiger partial charge < -0.3 is 16.0 Å². The second-order valence-corrected chi connectivity index (χ2v) is 8.68. The van der Waals surface area contributed by atoms with Gasteiger partial charge >= 0.3 is 0 Å². The van der Waals surface area contributed by atoms with Crippen LogP contribution in [0.25, 0.3) is 0 Å². The number of rotatable bonds is 14. The highest BCUT2D eigenvalue weighted by Gasteiger charge is 2.28. The number of carbonyl (C=O) groups is 4. The molecule has 3 N–H and O–H groups in total. The van der Waals surface area contributed by atoms with Crippen LogP contribution in [0.3, 0.4) is 0 Å². The molecule has 0 spiro atoms. The van der Waals surface area contributed by atoms with Gasteiger partial charge in [-0.2, -0.15) is 0 Å². The minimum atomic E-state index is -0.0816. The van der Waals surface area contributed by atoms with Crippen LogP contribution in [0.5, 0.6) is 0 Å². The van der Waals surface area contributed by atoms with E-state index in [9.17, 15) is 19.2 Å². The molecule has 1 saturated carbocycles. The number of unbranched alkanes of at least 4 members (excludes halogenated alkanes) is 1. The number of ketones is 1. The standard InChI is InChI=1S/C23H41N3O4/c1-4-5-15-24-21(28)10-7-16-25-20(27)8-6-9-22(29)26-19-13-11-18(12-14-19)23(30)17(2)3/h17-19H,4-16H2,1-3H3,(H,24,28)(H,25,27)(H,26,29). The first-order valence-corrected chi connectivity index (χ1v) is 11.7. The predicted octanol–water partition coefficient (Wildman–Crippen LogP) is 2.87. The minimum Gasteiger partial charge on any atom is -0.356 e. The van der Waals surface area contributed by atoms with Crippen molar-refractivity contribution in [2.24, 2.45) is 11.8 Å². The van der Waals surface area contributed by atoms with E-state index in [0.29, 0.717) is 51.0 Å². The average Bonchev–Trinajstić information content (AvgIpc) is 2.71. The molecule has 30 heavy (non-hydrogen) atoms. The molecule has 1 fully saturated rings. The van der Waals surface area contributed by atoms with Gasteiger partial charge in [-0.15, -0.1) is 0 Å². The van der Waals surface area contributed by atoms with Gasteiger partial charge in [0.15, 0.2) is 0 Å². The highest BCUT2D eigenvalue weighted by Crippen LogP contribution is 2.27. The zero-order chi connectivity index (χ0) is 22.4. The largest absolute Gasteiger partial charge is 0.356 e. The number of hydrogen-bond acceptors (Lipinski definition) is 4. The van der Waals surface area contributed by atoms with Crippen LogP contribution in [0, 0.1) is 11.8 Å². The molecule has 7 heteroatoms. The van der Waals surface area contributed by atoms with Crippen LogP contribution < -0.4 is 16.0 Å². The van der Waals surface area contributed by atoms with E-state index in [1.165, 1.54) is 0 Å². The van der Waals surface area contributed by atoms with E-state index in [2.05, 4.69) is 22.9 Å². The minimum absolute atomic E-state index is 0.0230. The van der Waals surface area contributed by atoms with E-state index >= 15 is 0 Å². The van der Waals surface area contributed by atoms with Crippen LogP contribution in [-0.2, 0) is 19.2 Å². The molecular weight excluding hydrogens is 382 g/mol. The molecule has 0 aromatic rings. The Bertz CT molecular complexity index is 555. The van der Waals surface area contributed by atoms with Crippen molar-refractivity contribution < 1.29 is 19.2 Å². The Morgan fingerprint density at radius 1 is 0.767 bits per heavy atom. The molecule has 1 aliphatic rings. The van der Waals surface area contributed by atoms with E-state index in [4.69, 9.17) is 0 Å². The van der Waals surface area contributed by atoms with Gasteiger partial charge in [0, 0.05) is 50.2 Å². The summed E-state index contributed by atoms with van der Waals surface area (Å²) in [5.41, 5.74) is 0. The topological polar surface area (TPSA) is 104 Å². The summed E-state index contributed by atoms with van der Waals surface area (Å²) in [5, 5.41) is 8.69. The molecule has 0 aromatic heterocycles. The van der Waals surface area contributed by atoms with Crippen LogP contribution in [0.15, 0.2) is 0 Å². The first kappa shape index (κ1) is 26.1. The van der Waals surface area contributed by atoms with Crippen molar-refractivity contribution >= 4 is 23.5 Å². The number of hydrogen-bond donors (Lipinski definition) is 3. The van der Waals surface area contributed by atoms with Crippen molar-refractivity contribution in [2.75, 3.05) is 13.1 Å². The van der Waals surface area contributed by atoms with Crippen LogP contribution in [0.1, 0.15) is 91.4 Å². The Hall–Kier alpha value is -1.92. The third kappa shape index (κ3) is 11.3. The fraction of sp³-hybridized carbons (Fsp3) is 0.826. The predicted molar refractivity (Wildman–Crippen MR) is 118 cm³/mol. The number of nitrogens with one attached hydrogen (secondary N) is 3. The summed E-state index contributed by atoms with van der Waals surface area (Å²) in [6.45, 7) is 7.15. The molecule has 0 unspecified atom stereocenters. The number of carbonyl (C=O) groups excluding carboxylic acids is 4. The van der Waals surface area contributed by atoms with Gasteiger partial charge in [-0.1, -0.05) is 27.2 Å². The van der Waals surface area contributed by atoms with E-state index < -0.39 is 0 Å². The molecule has 0 atom stereocenters. The lowest BCUT2D eigenvalue weighted by molar-refractivity contribution is -0.127. The lowest BCUT2D eigenvalue weighted by Crippen LogP contribution is -2.39. The van der Waals surface area contributed by atoms with Gasteiger partial charge in [-0.3, -0.25) is 19.2 Å². The first-order valence-electron chi connectivity index (χ1n) is 11.7. The van der Waals surface area contributed by atoms with Crippen molar-refractivity contribution in [1.82, 2.24) is 16.0 Å². The molecule has 172 valence electrons. The summed E-state index contributed by atoms with van der Waals surface area (Å²) in [5.74, 6) is 0.478. The third-order valence-corrected chi connectivity index (χ3v) is 5.63. The Morgan fingerprint density at radius 3 is 1.87 bits per heavy atom. The Morgan fingerprint density at radius 2 is 1.30 bits per heavy atom. The van der Waals surface area contributed by atoms with Gasteiger partial charge in [0.05, 0.1) is 0 Å². The van der Waals surface area contributed by atoms with Crippen LogP contribution in [0.2, 0.25) is 0 Å². The van der Waals surface area contributed by atoms with E-state index in [1.807, 2.05) is 13.8 Å². The summed E-state index contributed by atoms with van der Waals surface area (Å²) in [6.07, 6.45) is 7.61. The summed E-state index contributed by atoms with van der Waals surface area (Å²) >= 11 is 0. The maximum absolute atomic E-state index is 12.1. The summed E-state index contributed by atoms with van der Waals surface area (Å²) in [7, 11) is 0. The second-order valence-electron chi connectivity index (χ2n) is 8.68. The van der Waals surface area contributed by atoms with Gasteiger partial charge in [-0.25, -0.2) is 0 Å². The van der Waals surface area contributed by atoms with Crippen molar-refractivity contribution in [2.45, 2.75) is 97.4 Å². The Kier molecular flexibility index (Phi) is 13.0. The van der Waals surface area contributed by atoms with E-state index in [1.54, 1.807) is 0 Å². The molecule has 0 saturated heterocycles. The lowest BCUT2D eigenvalue weighted by atomic mass is 9.80. The molecule has 0 bridgehead atoms. The van der Waals surface area contributed by atoms with Crippen LogP contribution >= 0.6 is 0 Å². The Labute approximate surface area is 181 Å². The molecule has 7 nitrogen and oxygen atoms in total. The number of amides is 3. The molecular formula is C23H41N3O4. The molecule has 0 heterocycles. The smallest absolute Gasteiger partial charge is 0.220 e. The number of Topliss-reactive ketones (excluding diaryl/α,β-unsaturated/α-hetero) is 1. The van der Waals surface area contributed by atoms with Crippen LogP contribution in [0.4, 0.5) is 0 Å². The van der Waals surface area contributed by atoms with Crippen molar-refractivity contribution in [1.29, 1.82) is 0 Å². The van der Waals surface area contributed by atoms with E-state index in [-0.39, 0.29) is 35.6 Å². The Balaban J connectivity index is 2.05. The summed E-state index contributed by atoms with van der Waals surface area (Å²) in [6, 6.07) is 0.144.